The average Bonchev–Trinajstić information content (AvgIpc) is 3.00. The maximum atomic E-state index is 12.3. The molecule has 2 aromatic rings. The molecular formula is C17H15NO6S. The van der Waals surface area contributed by atoms with E-state index in [0.29, 0.717) is 12.1 Å². The molecule has 130 valence electrons. The molecule has 25 heavy (non-hydrogen) atoms. The molecule has 1 N–H and O–H groups in total. The van der Waals surface area contributed by atoms with E-state index in [9.17, 15) is 18.0 Å². The average molecular weight is 361 g/mol. The molecule has 0 amide bonds. The fourth-order valence-electron chi connectivity index (χ4n) is 2.27. The van der Waals surface area contributed by atoms with Crippen LogP contribution < -0.4 is 4.72 Å². The molecule has 0 aromatic heterocycles. The lowest BCUT2D eigenvalue weighted by atomic mass is 10.2. The van der Waals surface area contributed by atoms with Crippen LogP contribution in [0, 0.1) is 0 Å². The number of carbonyl (C=O) groups is 2. The van der Waals surface area contributed by atoms with Crippen LogP contribution >= 0.6 is 0 Å². The largest absolute Gasteiger partial charge is 0.463 e. The van der Waals surface area contributed by atoms with Crippen molar-refractivity contribution >= 4 is 27.6 Å². The molecular weight excluding hydrogens is 346 g/mol. The van der Waals surface area contributed by atoms with Gasteiger partial charge in [-0.2, -0.15) is 0 Å². The Bertz CT molecular complexity index is 877. The first-order valence-electron chi connectivity index (χ1n) is 7.51. The van der Waals surface area contributed by atoms with E-state index < -0.39 is 28.1 Å². The van der Waals surface area contributed by atoms with Crippen molar-refractivity contribution in [2.24, 2.45) is 0 Å². The minimum absolute atomic E-state index is 0.00757. The van der Waals surface area contributed by atoms with Gasteiger partial charge in [0, 0.05) is 12.1 Å². The topological polar surface area (TPSA) is 98.8 Å². The van der Waals surface area contributed by atoms with Gasteiger partial charge < -0.3 is 9.47 Å². The van der Waals surface area contributed by atoms with Crippen molar-refractivity contribution < 1.29 is 27.5 Å². The monoisotopic (exact) mass is 361 g/mol. The number of benzene rings is 2. The number of ether oxygens (including phenoxy) is 2. The van der Waals surface area contributed by atoms with Crippen molar-refractivity contribution in [2.45, 2.75) is 17.4 Å². The van der Waals surface area contributed by atoms with Crippen LogP contribution in [0.3, 0.4) is 0 Å². The summed E-state index contributed by atoms with van der Waals surface area (Å²) in [4.78, 5) is 23.3. The highest BCUT2D eigenvalue weighted by atomic mass is 32.2. The summed E-state index contributed by atoms with van der Waals surface area (Å²) in [6.07, 6.45) is -0.589. The summed E-state index contributed by atoms with van der Waals surface area (Å²) in [5, 5.41) is 0. The minimum Gasteiger partial charge on any atom is -0.463 e. The lowest BCUT2D eigenvalue weighted by Gasteiger charge is -2.10. The summed E-state index contributed by atoms with van der Waals surface area (Å²) < 4.78 is 36.8. The molecule has 1 heterocycles. The molecule has 0 saturated carbocycles. The number of carbonyl (C=O) groups excluding carboxylic acids is 2. The van der Waals surface area contributed by atoms with Crippen LogP contribution in [0.1, 0.15) is 16.8 Å². The quantitative estimate of drug-likeness (QED) is 0.818. The standard InChI is InChI=1S/C17H15NO6S/c19-16(24-15-10-11-23-17(15)20)12-6-8-14(9-7-12)25(21,22)18-13-4-2-1-3-5-13/h1-9,15,18H,10-11H2/t15-/m0/s1. The van der Waals surface area contributed by atoms with Crippen LogP contribution in [0.15, 0.2) is 59.5 Å². The second-order valence-electron chi connectivity index (χ2n) is 5.35. The van der Waals surface area contributed by atoms with E-state index in [4.69, 9.17) is 9.47 Å². The summed E-state index contributed by atoms with van der Waals surface area (Å²) in [5.74, 6) is -1.27. The maximum absolute atomic E-state index is 12.3. The third-order valence-corrected chi connectivity index (χ3v) is 4.96. The number of rotatable bonds is 5. The summed E-state index contributed by atoms with van der Waals surface area (Å²) in [7, 11) is -3.76. The molecule has 1 aliphatic rings. The predicted octanol–water partition coefficient (Wildman–Crippen LogP) is 1.96. The fraction of sp³-hybridized carbons (Fsp3) is 0.176. The summed E-state index contributed by atoms with van der Waals surface area (Å²) in [5.41, 5.74) is 0.587. The van der Waals surface area contributed by atoms with Crippen molar-refractivity contribution in [1.82, 2.24) is 0 Å². The normalized spacial score (nSPS) is 17.0. The van der Waals surface area contributed by atoms with Gasteiger partial charge in [0.05, 0.1) is 17.1 Å². The summed E-state index contributed by atoms with van der Waals surface area (Å²) in [6, 6.07) is 13.7. The Labute approximate surface area is 144 Å². The minimum atomic E-state index is -3.76. The zero-order valence-corrected chi connectivity index (χ0v) is 13.9. The number of para-hydroxylation sites is 1. The van der Waals surface area contributed by atoms with Crippen molar-refractivity contribution in [3.8, 4) is 0 Å². The molecule has 2 aromatic carbocycles. The van der Waals surface area contributed by atoms with Gasteiger partial charge in [-0.3, -0.25) is 4.72 Å². The molecule has 8 heteroatoms. The van der Waals surface area contributed by atoms with Gasteiger partial charge in [-0.1, -0.05) is 18.2 Å². The maximum Gasteiger partial charge on any atom is 0.347 e. The second kappa shape index (κ2) is 6.94. The summed E-state index contributed by atoms with van der Waals surface area (Å²) in [6.45, 7) is 0.221. The van der Waals surface area contributed by atoms with Gasteiger partial charge in [0.25, 0.3) is 10.0 Å². The van der Waals surface area contributed by atoms with E-state index in [-0.39, 0.29) is 17.1 Å². The van der Waals surface area contributed by atoms with Crippen LogP contribution in [0.2, 0.25) is 0 Å². The first-order valence-corrected chi connectivity index (χ1v) is 8.99. The fourth-order valence-corrected chi connectivity index (χ4v) is 3.33. The Morgan fingerprint density at radius 3 is 2.36 bits per heavy atom. The number of sulfonamides is 1. The van der Waals surface area contributed by atoms with Crippen LogP contribution in [0.4, 0.5) is 5.69 Å². The molecule has 1 saturated heterocycles. The molecule has 1 aliphatic heterocycles. The smallest absolute Gasteiger partial charge is 0.347 e. The van der Waals surface area contributed by atoms with Crippen molar-refractivity contribution in [2.75, 3.05) is 11.3 Å². The lowest BCUT2D eigenvalue weighted by molar-refractivity contribution is -0.145. The molecule has 0 radical (unpaired) electrons. The Morgan fingerprint density at radius 2 is 1.76 bits per heavy atom. The summed E-state index contributed by atoms with van der Waals surface area (Å²) >= 11 is 0. The van der Waals surface area contributed by atoms with Crippen molar-refractivity contribution in [1.29, 1.82) is 0 Å². The molecule has 1 fully saturated rings. The Morgan fingerprint density at radius 1 is 1.08 bits per heavy atom. The number of cyclic esters (lactones) is 1. The van der Waals surface area contributed by atoms with Crippen LogP contribution in [0.5, 0.6) is 0 Å². The highest BCUT2D eigenvalue weighted by molar-refractivity contribution is 7.92. The van der Waals surface area contributed by atoms with Gasteiger partial charge in [0.2, 0.25) is 6.10 Å². The zero-order valence-electron chi connectivity index (χ0n) is 13.0. The van der Waals surface area contributed by atoms with Gasteiger partial charge in [-0.05, 0) is 36.4 Å². The Hall–Kier alpha value is -2.87. The van der Waals surface area contributed by atoms with Crippen LogP contribution in [-0.4, -0.2) is 33.1 Å². The molecule has 0 spiro atoms. The number of anilines is 1. The molecule has 3 rings (SSSR count). The van der Waals surface area contributed by atoms with E-state index in [1.54, 1.807) is 30.3 Å². The third-order valence-electron chi connectivity index (χ3n) is 3.56. The van der Waals surface area contributed by atoms with Gasteiger partial charge in [0.1, 0.15) is 0 Å². The Balaban J connectivity index is 1.71. The molecule has 0 unspecified atom stereocenters. The number of hydrogen-bond donors (Lipinski definition) is 1. The van der Waals surface area contributed by atoms with Gasteiger partial charge in [-0.25, -0.2) is 18.0 Å². The van der Waals surface area contributed by atoms with Crippen molar-refractivity contribution in [3.63, 3.8) is 0 Å². The van der Waals surface area contributed by atoms with E-state index >= 15 is 0 Å². The predicted molar refractivity (Wildman–Crippen MR) is 88.5 cm³/mol. The number of esters is 2. The van der Waals surface area contributed by atoms with Crippen LogP contribution in [0.25, 0.3) is 0 Å². The van der Waals surface area contributed by atoms with Gasteiger partial charge >= 0.3 is 11.9 Å². The SMILES string of the molecule is O=C(O[C@H]1CCOC1=O)c1ccc(S(=O)(=O)Nc2ccccc2)cc1. The van der Waals surface area contributed by atoms with Crippen molar-refractivity contribution in [3.05, 3.63) is 60.2 Å². The highest BCUT2D eigenvalue weighted by Gasteiger charge is 2.30. The molecule has 0 aliphatic carbocycles. The van der Waals surface area contributed by atoms with Gasteiger partial charge in [0.15, 0.2) is 0 Å². The zero-order chi connectivity index (χ0) is 17.9. The first-order chi connectivity index (χ1) is 12.0. The lowest BCUT2D eigenvalue weighted by Crippen LogP contribution is -2.22. The van der Waals surface area contributed by atoms with E-state index in [0.717, 1.165) is 0 Å². The van der Waals surface area contributed by atoms with E-state index in [1.165, 1.54) is 24.3 Å². The Kier molecular flexibility index (Phi) is 4.71. The number of hydrogen-bond acceptors (Lipinski definition) is 6. The molecule has 7 nitrogen and oxygen atoms in total. The molecule has 1 atom stereocenters. The second-order valence-corrected chi connectivity index (χ2v) is 7.03. The van der Waals surface area contributed by atoms with Crippen LogP contribution in [-0.2, 0) is 24.3 Å². The van der Waals surface area contributed by atoms with E-state index in [2.05, 4.69) is 4.72 Å². The van der Waals surface area contributed by atoms with E-state index in [1.807, 2.05) is 0 Å². The highest BCUT2D eigenvalue weighted by Crippen LogP contribution is 2.18. The van der Waals surface area contributed by atoms with Gasteiger partial charge in [-0.15, -0.1) is 0 Å². The third kappa shape index (κ3) is 3.97. The number of nitrogens with one attached hydrogen (secondary N) is 1. The molecule has 0 bridgehead atoms. The first kappa shape index (κ1) is 17.0.